The summed E-state index contributed by atoms with van der Waals surface area (Å²) in [5, 5.41) is 11.5. The van der Waals surface area contributed by atoms with E-state index in [0.717, 1.165) is 22.3 Å². The first kappa shape index (κ1) is 17.8. The molecule has 0 atom stereocenters. The predicted octanol–water partition coefficient (Wildman–Crippen LogP) is 8.06. The van der Waals surface area contributed by atoms with Crippen molar-refractivity contribution in [3.8, 4) is 32.4 Å². The summed E-state index contributed by atoms with van der Waals surface area (Å²) >= 11 is 3.57. The summed E-state index contributed by atoms with van der Waals surface area (Å²) in [7, 11) is 3.44. The highest BCUT2D eigenvalue weighted by atomic mass is 32.1. The van der Waals surface area contributed by atoms with E-state index in [9.17, 15) is 0 Å². The van der Waals surface area contributed by atoms with Gasteiger partial charge in [0, 0.05) is 42.4 Å². The highest BCUT2D eigenvalue weighted by molar-refractivity contribution is 7.14. The van der Waals surface area contributed by atoms with Gasteiger partial charge in [-0.05, 0) is 33.7 Å². The molecular weight excluding hydrogens is 408 g/mol. The second-order valence-corrected chi connectivity index (χ2v) is 9.12. The Balaban J connectivity index is 1.97. The molecule has 2 nitrogen and oxygen atoms in total. The Morgan fingerprint density at radius 3 is 1.33 bits per heavy atom. The highest BCUT2D eigenvalue weighted by Gasteiger charge is 2.25. The quantitative estimate of drug-likeness (QED) is 0.265. The first-order chi connectivity index (χ1) is 14.8. The Bertz CT molecular complexity index is 1380. The molecule has 2 aromatic heterocycles. The Morgan fingerprint density at radius 1 is 0.533 bits per heavy atom. The minimum absolute atomic E-state index is 0.795. The van der Waals surface area contributed by atoms with Crippen molar-refractivity contribution in [2.45, 2.75) is 0 Å². The second-order valence-electron chi connectivity index (χ2n) is 7.23. The van der Waals surface area contributed by atoms with E-state index in [4.69, 9.17) is 9.47 Å². The summed E-state index contributed by atoms with van der Waals surface area (Å²) < 4.78 is 11.7. The predicted molar refractivity (Wildman–Crippen MR) is 130 cm³/mol. The van der Waals surface area contributed by atoms with Crippen LogP contribution < -0.4 is 9.47 Å². The van der Waals surface area contributed by atoms with Gasteiger partial charge in [-0.2, -0.15) is 0 Å². The first-order valence-electron chi connectivity index (χ1n) is 9.75. The number of hydrogen-bond acceptors (Lipinski definition) is 4. The molecule has 0 bridgehead atoms. The molecular formula is C26H18O2S2. The van der Waals surface area contributed by atoms with Crippen molar-refractivity contribution >= 4 is 55.0 Å². The molecule has 0 aliphatic rings. The van der Waals surface area contributed by atoms with E-state index in [1.54, 1.807) is 36.9 Å². The van der Waals surface area contributed by atoms with E-state index in [1.807, 2.05) is 0 Å². The fourth-order valence-corrected chi connectivity index (χ4v) is 6.29. The van der Waals surface area contributed by atoms with Crippen LogP contribution in [0.25, 0.3) is 53.2 Å². The van der Waals surface area contributed by atoms with Crippen LogP contribution >= 0.6 is 22.7 Å². The lowest BCUT2D eigenvalue weighted by molar-refractivity contribution is 0.362. The molecule has 146 valence electrons. The van der Waals surface area contributed by atoms with Crippen LogP contribution in [0.3, 0.4) is 0 Å². The van der Waals surface area contributed by atoms with Gasteiger partial charge in [0.1, 0.15) is 0 Å². The minimum Gasteiger partial charge on any atom is -0.492 e. The molecule has 30 heavy (non-hydrogen) atoms. The van der Waals surface area contributed by atoms with Crippen molar-refractivity contribution in [3.63, 3.8) is 0 Å². The zero-order valence-corrected chi connectivity index (χ0v) is 18.2. The third-order valence-corrected chi connectivity index (χ3v) is 7.58. The zero-order valence-electron chi connectivity index (χ0n) is 16.6. The average Bonchev–Trinajstić information content (AvgIpc) is 3.50. The normalized spacial score (nSPS) is 11.7. The molecule has 6 rings (SSSR count). The fraction of sp³-hybridized carbons (Fsp3) is 0.0769. The first-order valence-corrected chi connectivity index (χ1v) is 11.5. The number of hydrogen-bond donors (Lipinski definition) is 0. The molecule has 2 heterocycles. The van der Waals surface area contributed by atoms with Crippen molar-refractivity contribution in [1.29, 1.82) is 0 Å². The standard InChI is InChI=1S/C26H18O2S2/c1-27-25-17-9-3-7-15-21(17)22-16(8-4-10-18(22)26(25)28-2)24(20-12-6-14-30-20)23(15)19-11-5-13-29-19/h3-14H,1-2H3. The lowest BCUT2D eigenvalue weighted by Gasteiger charge is -2.22. The van der Waals surface area contributed by atoms with E-state index < -0.39 is 0 Å². The average molecular weight is 427 g/mol. The van der Waals surface area contributed by atoms with Gasteiger partial charge in [0.05, 0.1) is 14.2 Å². The van der Waals surface area contributed by atoms with Crippen molar-refractivity contribution < 1.29 is 9.47 Å². The van der Waals surface area contributed by atoms with Crippen LogP contribution in [0.2, 0.25) is 0 Å². The van der Waals surface area contributed by atoms with E-state index in [-0.39, 0.29) is 0 Å². The fourth-order valence-electron chi connectivity index (χ4n) is 4.71. The van der Waals surface area contributed by atoms with E-state index in [0.29, 0.717) is 0 Å². The molecule has 0 aliphatic heterocycles. The monoisotopic (exact) mass is 426 g/mol. The number of methoxy groups -OCH3 is 2. The van der Waals surface area contributed by atoms with Gasteiger partial charge < -0.3 is 9.47 Å². The Morgan fingerprint density at radius 2 is 0.967 bits per heavy atom. The second kappa shape index (κ2) is 6.73. The van der Waals surface area contributed by atoms with Gasteiger partial charge >= 0.3 is 0 Å². The number of rotatable bonds is 4. The minimum atomic E-state index is 0.795. The topological polar surface area (TPSA) is 18.5 Å². The molecule has 4 heteroatoms. The molecule has 6 aromatic rings. The van der Waals surface area contributed by atoms with Crippen LogP contribution in [0.5, 0.6) is 11.5 Å². The van der Waals surface area contributed by atoms with Gasteiger partial charge in [-0.25, -0.2) is 0 Å². The molecule has 0 radical (unpaired) electrons. The summed E-state index contributed by atoms with van der Waals surface area (Å²) in [5.74, 6) is 1.59. The van der Waals surface area contributed by atoms with Crippen LogP contribution in [0.1, 0.15) is 0 Å². The number of ether oxygens (including phenoxy) is 2. The third kappa shape index (κ3) is 2.29. The van der Waals surface area contributed by atoms with E-state index in [1.165, 1.54) is 42.4 Å². The van der Waals surface area contributed by atoms with Crippen LogP contribution in [-0.2, 0) is 0 Å². The molecule has 0 unspecified atom stereocenters. The Labute approximate surface area is 182 Å². The van der Waals surface area contributed by atoms with Crippen LogP contribution in [0.4, 0.5) is 0 Å². The summed E-state index contributed by atoms with van der Waals surface area (Å²) in [6.45, 7) is 0. The maximum Gasteiger partial charge on any atom is 0.169 e. The molecule has 0 aliphatic carbocycles. The molecule has 4 aromatic carbocycles. The lowest BCUT2D eigenvalue weighted by Crippen LogP contribution is -1.97. The summed E-state index contributed by atoms with van der Waals surface area (Å²) in [6.07, 6.45) is 0. The van der Waals surface area contributed by atoms with Crippen LogP contribution in [-0.4, -0.2) is 14.2 Å². The summed E-state index contributed by atoms with van der Waals surface area (Å²) in [4.78, 5) is 2.56. The summed E-state index contributed by atoms with van der Waals surface area (Å²) in [6, 6.07) is 21.7. The van der Waals surface area contributed by atoms with Gasteiger partial charge in [-0.1, -0.05) is 48.5 Å². The van der Waals surface area contributed by atoms with Crippen molar-refractivity contribution in [3.05, 3.63) is 71.4 Å². The van der Waals surface area contributed by atoms with Gasteiger partial charge in [0.25, 0.3) is 0 Å². The zero-order chi connectivity index (χ0) is 20.2. The van der Waals surface area contributed by atoms with Crippen molar-refractivity contribution in [1.82, 2.24) is 0 Å². The molecule has 0 fully saturated rings. The third-order valence-electron chi connectivity index (χ3n) is 5.81. The number of thiophene rings is 2. The van der Waals surface area contributed by atoms with E-state index >= 15 is 0 Å². The van der Waals surface area contributed by atoms with Crippen LogP contribution in [0.15, 0.2) is 71.4 Å². The Hall–Kier alpha value is -3.08. The van der Waals surface area contributed by atoms with Crippen molar-refractivity contribution in [2.75, 3.05) is 14.2 Å². The van der Waals surface area contributed by atoms with Gasteiger partial charge in [-0.15, -0.1) is 22.7 Å². The molecule has 0 saturated heterocycles. The smallest absolute Gasteiger partial charge is 0.169 e. The number of benzene rings is 4. The summed E-state index contributed by atoms with van der Waals surface area (Å²) in [5.41, 5.74) is 2.59. The molecule has 0 amide bonds. The molecule has 0 N–H and O–H groups in total. The van der Waals surface area contributed by atoms with Crippen LogP contribution in [0, 0.1) is 0 Å². The maximum atomic E-state index is 5.87. The Kier molecular flexibility index (Phi) is 3.98. The van der Waals surface area contributed by atoms with Gasteiger partial charge in [-0.3, -0.25) is 0 Å². The van der Waals surface area contributed by atoms with Gasteiger partial charge in [0.2, 0.25) is 0 Å². The SMILES string of the molecule is COc1c(OC)c2cccc3c(-c4cccs4)c(-c4cccs4)c4cccc1c4c23. The van der Waals surface area contributed by atoms with Crippen molar-refractivity contribution in [2.24, 2.45) is 0 Å². The molecule has 0 saturated carbocycles. The highest BCUT2D eigenvalue weighted by Crippen LogP contribution is 2.53. The lowest BCUT2D eigenvalue weighted by atomic mass is 9.85. The largest absolute Gasteiger partial charge is 0.492 e. The van der Waals surface area contributed by atoms with E-state index in [2.05, 4.69) is 71.4 Å². The van der Waals surface area contributed by atoms with Gasteiger partial charge in [0.15, 0.2) is 11.5 Å². The maximum absolute atomic E-state index is 5.87. The molecule has 0 spiro atoms.